The summed E-state index contributed by atoms with van der Waals surface area (Å²) >= 11 is 0. The fourth-order valence-electron chi connectivity index (χ4n) is 1.33. The van der Waals surface area contributed by atoms with Crippen molar-refractivity contribution in [3.8, 4) is 5.75 Å². The minimum Gasteiger partial charge on any atom is -0.406 e. The Morgan fingerprint density at radius 2 is 2.00 bits per heavy atom. The van der Waals surface area contributed by atoms with Crippen LogP contribution in [-0.4, -0.2) is 12.6 Å². The number of rotatable bonds is 4. The molecule has 0 atom stereocenters. The van der Waals surface area contributed by atoms with Gasteiger partial charge in [-0.15, -0.1) is 13.2 Å². The van der Waals surface area contributed by atoms with Crippen molar-refractivity contribution < 1.29 is 22.7 Å². The molecule has 0 bridgehead atoms. The van der Waals surface area contributed by atoms with Gasteiger partial charge in [0.1, 0.15) is 12.0 Å². The molecule has 0 N–H and O–H groups in total. The summed E-state index contributed by atoms with van der Waals surface area (Å²) in [5.74, 6) is -0.292. The predicted octanol–water partition coefficient (Wildman–Crippen LogP) is 3.82. The highest BCUT2D eigenvalue weighted by Crippen LogP contribution is 2.24. The predicted molar refractivity (Wildman–Crippen MR) is 62.0 cm³/mol. The van der Waals surface area contributed by atoms with E-state index >= 15 is 0 Å². The molecular formula is C13H13F3O2. The third-order valence-electron chi connectivity index (χ3n) is 2.23. The number of hydrogen-bond acceptors (Lipinski definition) is 2. The van der Waals surface area contributed by atoms with Crippen molar-refractivity contribution in [1.29, 1.82) is 0 Å². The zero-order valence-corrected chi connectivity index (χ0v) is 9.99. The monoisotopic (exact) mass is 258 g/mol. The van der Waals surface area contributed by atoms with Gasteiger partial charge in [-0.1, -0.05) is 26.0 Å². The van der Waals surface area contributed by atoms with Gasteiger partial charge in [0.2, 0.25) is 0 Å². The van der Waals surface area contributed by atoms with Gasteiger partial charge in [0, 0.05) is 0 Å². The first kappa shape index (κ1) is 14.3. The Morgan fingerprint density at radius 1 is 1.33 bits per heavy atom. The molecule has 0 saturated carbocycles. The number of hydrogen-bond donors (Lipinski definition) is 0. The van der Waals surface area contributed by atoms with Crippen LogP contribution in [0.2, 0.25) is 0 Å². The van der Waals surface area contributed by atoms with E-state index in [2.05, 4.69) is 4.74 Å². The van der Waals surface area contributed by atoms with Crippen molar-refractivity contribution in [3.05, 3.63) is 35.4 Å². The number of ether oxygens (including phenoxy) is 1. The summed E-state index contributed by atoms with van der Waals surface area (Å²) in [7, 11) is 0. The van der Waals surface area contributed by atoms with Gasteiger partial charge < -0.3 is 4.74 Å². The zero-order chi connectivity index (χ0) is 13.8. The van der Waals surface area contributed by atoms with E-state index in [9.17, 15) is 18.0 Å². The Balaban J connectivity index is 2.98. The third-order valence-corrected chi connectivity index (χ3v) is 2.23. The number of aldehydes is 1. The molecule has 18 heavy (non-hydrogen) atoms. The Bertz CT molecular complexity index is 448. The van der Waals surface area contributed by atoms with E-state index in [-0.39, 0.29) is 11.7 Å². The average molecular weight is 258 g/mol. The van der Waals surface area contributed by atoms with Crippen LogP contribution in [0.15, 0.2) is 29.8 Å². The van der Waals surface area contributed by atoms with Gasteiger partial charge in [0.25, 0.3) is 0 Å². The molecule has 98 valence electrons. The maximum Gasteiger partial charge on any atom is 0.573 e. The highest BCUT2D eigenvalue weighted by molar-refractivity contribution is 5.82. The lowest BCUT2D eigenvalue weighted by atomic mass is 10.0. The summed E-state index contributed by atoms with van der Waals surface area (Å²) in [4.78, 5) is 10.8. The van der Waals surface area contributed by atoms with Crippen LogP contribution < -0.4 is 4.74 Å². The smallest absolute Gasteiger partial charge is 0.406 e. The maximum absolute atomic E-state index is 12.0. The van der Waals surface area contributed by atoms with Gasteiger partial charge in [-0.2, -0.15) is 0 Å². The largest absolute Gasteiger partial charge is 0.573 e. The lowest BCUT2D eigenvalue weighted by Crippen LogP contribution is -2.17. The molecule has 0 fully saturated rings. The Hall–Kier alpha value is -1.78. The number of alkyl halides is 3. The molecule has 5 heteroatoms. The summed E-state index contributed by atoms with van der Waals surface area (Å²) < 4.78 is 39.9. The van der Waals surface area contributed by atoms with Crippen LogP contribution in [0.3, 0.4) is 0 Å². The van der Waals surface area contributed by atoms with Gasteiger partial charge in [0.05, 0.1) is 0 Å². The summed E-state index contributed by atoms with van der Waals surface area (Å²) in [6.45, 7) is 3.66. The lowest BCUT2D eigenvalue weighted by Gasteiger charge is -2.09. The first-order valence-electron chi connectivity index (χ1n) is 5.34. The molecular weight excluding hydrogens is 245 g/mol. The molecule has 1 rings (SSSR count). The molecule has 0 amide bonds. The second-order valence-corrected chi connectivity index (χ2v) is 4.04. The fraction of sp³-hybridized carbons (Fsp3) is 0.308. The summed E-state index contributed by atoms with van der Waals surface area (Å²) in [6.07, 6.45) is -2.48. The second-order valence-electron chi connectivity index (χ2n) is 4.04. The lowest BCUT2D eigenvalue weighted by molar-refractivity contribution is -0.274. The van der Waals surface area contributed by atoms with Crippen molar-refractivity contribution in [2.75, 3.05) is 0 Å². The number of carbonyl (C=O) groups excluding carboxylic acids is 1. The standard InChI is InChI=1S/C13H13F3O2/c1-9(2)11(8-17)6-10-4-3-5-12(7-10)18-13(14,15)16/h3-9H,1-2H3/b11-6+. The first-order valence-corrected chi connectivity index (χ1v) is 5.34. The second kappa shape index (κ2) is 5.71. The Labute approximate surface area is 103 Å². The van der Waals surface area contributed by atoms with E-state index in [1.807, 2.05) is 13.8 Å². The number of allylic oxidation sites excluding steroid dienone is 1. The van der Waals surface area contributed by atoms with E-state index in [0.717, 1.165) is 0 Å². The molecule has 1 aromatic carbocycles. The molecule has 0 aromatic heterocycles. The van der Waals surface area contributed by atoms with Gasteiger partial charge in [-0.05, 0) is 35.3 Å². The molecule has 2 nitrogen and oxygen atoms in total. The molecule has 0 aliphatic heterocycles. The number of benzene rings is 1. The van der Waals surface area contributed by atoms with Crippen molar-refractivity contribution in [2.24, 2.45) is 5.92 Å². The minimum atomic E-state index is -4.71. The van der Waals surface area contributed by atoms with Crippen molar-refractivity contribution in [2.45, 2.75) is 20.2 Å². The summed E-state index contributed by atoms with van der Waals surface area (Å²) in [6, 6.07) is 5.49. The molecule has 0 heterocycles. The normalized spacial score (nSPS) is 12.7. The molecule has 0 spiro atoms. The van der Waals surface area contributed by atoms with E-state index in [1.165, 1.54) is 18.2 Å². The average Bonchev–Trinajstić information content (AvgIpc) is 2.23. The van der Waals surface area contributed by atoms with Crippen LogP contribution in [-0.2, 0) is 4.79 Å². The van der Waals surface area contributed by atoms with Crippen LogP contribution in [0, 0.1) is 5.92 Å². The van der Waals surface area contributed by atoms with Crippen LogP contribution in [0.5, 0.6) is 5.75 Å². The number of carbonyl (C=O) groups is 1. The molecule has 0 saturated heterocycles. The van der Waals surface area contributed by atoms with Gasteiger partial charge in [0.15, 0.2) is 0 Å². The van der Waals surface area contributed by atoms with Crippen LogP contribution in [0.25, 0.3) is 6.08 Å². The van der Waals surface area contributed by atoms with Crippen molar-refractivity contribution in [1.82, 2.24) is 0 Å². The van der Waals surface area contributed by atoms with Crippen molar-refractivity contribution in [3.63, 3.8) is 0 Å². The molecule has 1 aromatic rings. The fourth-order valence-corrected chi connectivity index (χ4v) is 1.33. The molecule has 0 aliphatic rings. The van der Waals surface area contributed by atoms with Crippen LogP contribution in [0.1, 0.15) is 19.4 Å². The van der Waals surface area contributed by atoms with Gasteiger partial charge in [-0.25, -0.2) is 0 Å². The van der Waals surface area contributed by atoms with E-state index in [4.69, 9.17) is 0 Å². The highest BCUT2D eigenvalue weighted by Gasteiger charge is 2.31. The van der Waals surface area contributed by atoms with Crippen LogP contribution >= 0.6 is 0 Å². The zero-order valence-electron chi connectivity index (χ0n) is 9.99. The van der Waals surface area contributed by atoms with E-state index < -0.39 is 6.36 Å². The minimum absolute atomic E-state index is 0.00897. The maximum atomic E-state index is 12.0. The summed E-state index contributed by atoms with van der Waals surface area (Å²) in [5.41, 5.74) is 1.01. The van der Waals surface area contributed by atoms with Gasteiger partial charge in [-0.3, -0.25) is 4.79 Å². The third kappa shape index (κ3) is 4.61. The van der Waals surface area contributed by atoms with Crippen LogP contribution in [0.4, 0.5) is 13.2 Å². The summed E-state index contributed by atoms with van der Waals surface area (Å²) in [5, 5.41) is 0. The topological polar surface area (TPSA) is 26.3 Å². The number of halogens is 3. The highest BCUT2D eigenvalue weighted by atomic mass is 19.4. The quantitative estimate of drug-likeness (QED) is 0.606. The Morgan fingerprint density at radius 3 is 2.50 bits per heavy atom. The van der Waals surface area contributed by atoms with Gasteiger partial charge >= 0.3 is 6.36 Å². The molecule has 0 radical (unpaired) electrons. The Kier molecular flexibility index (Phi) is 4.53. The SMILES string of the molecule is CC(C)/C(C=O)=C/c1cccc(OC(F)(F)F)c1. The van der Waals surface area contributed by atoms with E-state index in [1.54, 1.807) is 12.1 Å². The first-order chi connectivity index (χ1) is 8.31. The molecule has 0 aliphatic carbocycles. The van der Waals surface area contributed by atoms with E-state index in [0.29, 0.717) is 17.4 Å². The molecule has 0 unspecified atom stereocenters. The van der Waals surface area contributed by atoms with Crippen molar-refractivity contribution >= 4 is 12.4 Å².